The van der Waals surface area contributed by atoms with Crippen molar-refractivity contribution in [3.63, 3.8) is 0 Å². The smallest absolute Gasteiger partial charge is 0.288 e. The highest BCUT2D eigenvalue weighted by atomic mass is 31.2. The highest BCUT2D eigenvalue weighted by Crippen LogP contribution is 2.24. The summed E-state index contributed by atoms with van der Waals surface area (Å²) in [5.41, 5.74) is 2.12. The van der Waals surface area contributed by atoms with Gasteiger partial charge in [0.15, 0.2) is 14.1 Å². The Kier molecular flexibility index (Phi) is 16.6. The Morgan fingerprint density at radius 1 is 1.10 bits per heavy atom. The molecule has 6 N–H and O–H groups in total. The van der Waals surface area contributed by atoms with Gasteiger partial charge in [0, 0.05) is 11.1 Å². The Morgan fingerprint density at radius 3 is 2.35 bits per heavy atom. The molecule has 2 unspecified atom stereocenters. The standard InChI is InChI=1S/C25H33N3O6.C2H8NO2P/c1-4-6-7-8-20(21(5-2)28(33)16-30)24(31)26-15-27-25(32)23-12-11-22(34-23)18-9-10-19(14-29)17(3)13-18;1-3-2-6(4)5/h9-14,16,20-21,33H,4-8,15H2,1-3H3,(H,26,31)(H,27,32);3-5H,2H2,1H3. The van der Waals surface area contributed by atoms with Crippen LogP contribution in [-0.4, -0.2) is 70.6 Å². The molecule has 2 atom stereocenters. The number of aldehydes is 1. The molecule has 0 aliphatic carbocycles. The van der Waals surface area contributed by atoms with Crippen LogP contribution in [0.3, 0.4) is 0 Å². The van der Waals surface area contributed by atoms with Gasteiger partial charge in [-0.15, -0.1) is 0 Å². The van der Waals surface area contributed by atoms with Crippen molar-refractivity contribution < 1.29 is 38.6 Å². The van der Waals surface area contributed by atoms with Gasteiger partial charge in [0.25, 0.3) is 5.91 Å². The lowest BCUT2D eigenvalue weighted by Gasteiger charge is -2.29. The molecule has 0 spiro atoms. The zero-order valence-corrected chi connectivity index (χ0v) is 24.3. The average Bonchev–Trinajstić information content (AvgIpc) is 3.43. The monoisotopic (exact) mass is 580 g/mol. The molecule has 0 fully saturated rings. The van der Waals surface area contributed by atoms with Crippen molar-refractivity contribution in [1.29, 1.82) is 0 Å². The Morgan fingerprint density at radius 2 is 1.82 bits per heavy atom. The second-order valence-corrected chi connectivity index (χ2v) is 10.1. The largest absolute Gasteiger partial charge is 0.451 e. The van der Waals surface area contributed by atoms with Gasteiger partial charge in [0.05, 0.1) is 24.9 Å². The van der Waals surface area contributed by atoms with E-state index in [-0.39, 0.29) is 18.3 Å². The van der Waals surface area contributed by atoms with E-state index in [9.17, 15) is 24.4 Å². The Balaban J connectivity index is 0.00000120. The topological polar surface area (TPSA) is 181 Å². The summed E-state index contributed by atoms with van der Waals surface area (Å²) in [5, 5.41) is 18.3. The van der Waals surface area contributed by atoms with Crippen LogP contribution < -0.4 is 16.0 Å². The maximum atomic E-state index is 12.8. The van der Waals surface area contributed by atoms with Gasteiger partial charge >= 0.3 is 0 Å². The first-order chi connectivity index (χ1) is 19.1. The van der Waals surface area contributed by atoms with Crippen molar-refractivity contribution in [1.82, 2.24) is 21.0 Å². The van der Waals surface area contributed by atoms with Crippen LogP contribution in [-0.2, 0) is 9.59 Å². The summed E-state index contributed by atoms with van der Waals surface area (Å²) >= 11 is 0. The number of amides is 3. The third-order valence-corrected chi connectivity index (χ3v) is 6.71. The number of hydroxylamine groups is 2. The van der Waals surface area contributed by atoms with Gasteiger partial charge in [-0.05, 0) is 50.6 Å². The first kappa shape index (κ1) is 34.9. The molecule has 222 valence electrons. The van der Waals surface area contributed by atoms with E-state index in [0.717, 1.165) is 36.7 Å². The van der Waals surface area contributed by atoms with Crippen LogP contribution in [0.15, 0.2) is 34.7 Å². The van der Waals surface area contributed by atoms with Crippen LogP contribution in [0.25, 0.3) is 11.3 Å². The van der Waals surface area contributed by atoms with E-state index >= 15 is 0 Å². The highest BCUT2D eigenvalue weighted by Gasteiger charge is 2.30. The van der Waals surface area contributed by atoms with Gasteiger partial charge in [-0.25, -0.2) is 5.06 Å². The summed E-state index contributed by atoms with van der Waals surface area (Å²) < 4.78 is 5.64. The number of carbonyl (C=O) groups excluding carboxylic acids is 4. The lowest BCUT2D eigenvalue weighted by Crippen LogP contribution is -2.47. The maximum Gasteiger partial charge on any atom is 0.288 e. The van der Waals surface area contributed by atoms with E-state index in [1.165, 1.54) is 6.07 Å². The molecule has 13 heteroatoms. The van der Waals surface area contributed by atoms with Crippen LogP contribution in [0.4, 0.5) is 0 Å². The normalized spacial score (nSPS) is 12.1. The fraction of sp³-hybridized carbons (Fsp3) is 0.481. The van der Waals surface area contributed by atoms with Gasteiger partial charge in [-0.2, -0.15) is 0 Å². The zero-order valence-electron chi connectivity index (χ0n) is 23.4. The summed E-state index contributed by atoms with van der Waals surface area (Å²) in [4.78, 5) is 63.5. The number of rotatable bonds is 16. The van der Waals surface area contributed by atoms with E-state index in [0.29, 0.717) is 41.9 Å². The summed E-state index contributed by atoms with van der Waals surface area (Å²) in [7, 11) is -0.0433. The number of nitrogens with one attached hydrogen (secondary N) is 3. The Labute approximate surface area is 236 Å². The fourth-order valence-corrected chi connectivity index (χ4v) is 4.28. The minimum Gasteiger partial charge on any atom is -0.451 e. The SMILES string of the molecule is CCCCCC(C(=O)NCNC(=O)c1ccc(-c2ccc(C=O)c(C)c2)o1)C(CC)N(O)C=O.CNCP(O)O. The van der Waals surface area contributed by atoms with Crippen molar-refractivity contribution in [2.24, 2.45) is 5.92 Å². The predicted molar refractivity (Wildman–Crippen MR) is 151 cm³/mol. The number of unbranched alkanes of at least 4 members (excludes halogenated alkanes) is 2. The van der Waals surface area contributed by atoms with Crippen molar-refractivity contribution in [3.8, 4) is 11.3 Å². The molecule has 2 aromatic rings. The molecule has 3 amide bonds. The molecule has 0 radical (unpaired) electrons. The number of hydrogen-bond acceptors (Lipinski definition) is 9. The van der Waals surface area contributed by atoms with Crippen molar-refractivity contribution in [2.45, 2.75) is 58.9 Å². The molecule has 1 heterocycles. The number of hydrogen-bond donors (Lipinski definition) is 6. The molecule has 12 nitrogen and oxygen atoms in total. The molecule has 0 bridgehead atoms. The molecule has 40 heavy (non-hydrogen) atoms. The molecule has 1 aromatic heterocycles. The lowest BCUT2D eigenvalue weighted by molar-refractivity contribution is -0.168. The molecule has 2 rings (SSSR count). The molecule has 1 aromatic carbocycles. The highest BCUT2D eigenvalue weighted by molar-refractivity contribution is 7.44. The summed E-state index contributed by atoms with van der Waals surface area (Å²) in [6.07, 6.45) is 5.00. The van der Waals surface area contributed by atoms with Crippen molar-refractivity contribution in [3.05, 3.63) is 47.2 Å². The van der Waals surface area contributed by atoms with Crippen LogP contribution >= 0.6 is 8.38 Å². The second-order valence-electron chi connectivity index (χ2n) is 9.02. The summed E-state index contributed by atoms with van der Waals surface area (Å²) in [5.74, 6) is -0.895. The van der Waals surface area contributed by atoms with E-state index < -0.39 is 26.2 Å². The van der Waals surface area contributed by atoms with E-state index in [1.54, 1.807) is 38.2 Å². The van der Waals surface area contributed by atoms with Gasteiger partial charge in [-0.1, -0.05) is 45.2 Å². The third kappa shape index (κ3) is 11.5. The third-order valence-electron chi connectivity index (χ3n) is 6.11. The predicted octanol–water partition coefficient (Wildman–Crippen LogP) is 3.15. The molecule has 0 aliphatic heterocycles. The number of carbonyl (C=O) groups is 4. The molecule has 0 aliphatic rings. The van der Waals surface area contributed by atoms with Crippen molar-refractivity contribution >= 4 is 32.9 Å². The van der Waals surface area contributed by atoms with Crippen LogP contribution in [0, 0.1) is 12.8 Å². The summed E-state index contributed by atoms with van der Waals surface area (Å²) in [6, 6.07) is 7.78. The fourth-order valence-electron chi connectivity index (χ4n) is 3.99. The molecule has 0 saturated heterocycles. The quantitative estimate of drug-likeness (QED) is 0.0434. The minimum absolute atomic E-state index is 0.0785. The first-order valence-electron chi connectivity index (χ1n) is 13.1. The minimum atomic E-state index is -1.71. The van der Waals surface area contributed by atoms with Crippen LogP contribution in [0.1, 0.15) is 72.4 Å². The first-order valence-corrected chi connectivity index (χ1v) is 14.5. The second kappa shape index (κ2) is 19.0. The van der Waals surface area contributed by atoms with Gasteiger partial charge in [0.1, 0.15) is 12.0 Å². The van der Waals surface area contributed by atoms with E-state index in [4.69, 9.17) is 14.2 Å². The number of aryl methyl sites for hydroxylation is 1. The van der Waals surface area contributed by atoms with E-state index in [1.807, 2.05) is 13.8 Å². The number of benzene rings is 1. The average molecular weight is 581 g/mol. The zero-order chi connectivity index (χ0) is 30.1. The van der Waals surface area contributed by atoms with E-state index in [2.05, 4.69) is 16.0 Å². The maximum absolute atomic E-state index is 12.8. The summed E-state index contributed by atoms with van der Waals surface area (Å²) in [6.45, 7) is 5.53. The molecule has 0 saturated carbocycles. The molecular weight excluding hydrogens is 539 g/mol. The van der Waals surface area contributed by atoms with Crippen LogP contribution in [0.2, 0.25) is 0 Å². The van der Waals surface area contributed by atoms with Gasteiger partial charge in [-0.3, -0.25) is 24.4 Å². The number of furan rings is 1. The van der Waals surface area contributed by atoms with Gasteiger partial charge < -0.3 is 30.2 Å². The Bertz CT molecular complexity index is 1080. The molecular formula is C27H41N4O8P. The van der Waals surface area contributed by atoms with Gasteiger partial charge in [0.2, 0.25) is 12.3 Å². The Hall–Kier alpha value is -3.15. The van der Waals surface area contributed by atoms with Crippen LogP contribution in [0.5, 0.6) is 0 Å². The number of nitrogens with zero attached hydrogens (tertiary/aromatic N) is 1. The lowest BCUT2D eigenvalue weighted by atomic mass is 9.90. The van der Waals surface area contributed by atoms with Crippen molar-refractivity contribution in [2.75, 3.05) is 20.0 Å².